The zero-order valence-corrected chi connectivity index (χ0v) is 30.6. The van der Waals surface area contributed by atoms with Gasteiger partial charge in [-0.1, -0.05) is 90.5 Å². The summed E-state index contributed by atoms with van der Waals surface area (Å²) in [6, 6.07) is 9.24. The van der Waals surface area contributed by atoms with E-state index >= 15 is 9.59 Å². The summed E-state index contributed by atoms with van der Waals surface area (Å²) in [5.41, 5.74) is 12.0. The van der Waals surface area contributed by atoms with E-state index in [4.69, 9.17) is 11.5 Å². The molecule has 8 N–H and O–H groups in total. The minimum atomic E-state index is -2.22. The lowest BCUT2D eigenvalue weighted by molar-refractivity contribution is -0.168. The molecule has 0 bridgehead atoms. The van der Waals surface area contributed by atoms with E-state index in [2.05, 4.69) is 20.6 Å². The van der Waals surface area contributed by atoms with Gasteiger partial charge in [0.2, 0.25) is 5.91 Å². The summed E-state index contributed by atoms with van der Waals surface area (Å²) in [6.07, 6.45) is 5.63. The van der Waals surface area contributed by atoms with Crippen LogP contribution in [0, 0.1) is 29.1 Å². The van der Waals surface area contributed by atoms with Crippen molar-refractivity contribution in [3.8, 4) is 0 Å². The molecule has 0 saturated heterocycles. The standard InChI is InChI=1S/C40H54N6O6/c1-5-23(4)33(42)36(49)34(28-17-11-12-18-43-28)46-39(52)40(22(2)3)32(35(48)26(41)19-24-13-7-6-8-14-24)31(47)21-29(37(40)50)45-38(51)30-20-25-15-9-10-16-27(25)44-30/h9-12,15-18,20,22-24,26,29,32-35,44,48H,5-8,13-14,19,21,41-42H2,1-4H3,(H,45,51)(H,46,52)/t23-,26-,29?,32?,33-,34?,35+,40-/m0/s1. The normalized spacial score (nSPS) is 24.2. The molecule has 0 spiro atoms. The highest BCUT2D eigenvalue weighted by molar-refractivity contribution is 6.17. The Morgan fingerprint density at radius 2 is 1.71 bits per heavy atom. The van der Waals surface area contributed by atoms with Crippen LogP contribution in [-0.4, -0.2) is 68.5 Å². The van der Waals surface area contributed by atoms with Gasteiger partial charge in [-0.15, -0.1) is 0 Å². The van der Waals surface area contributed by atoms with Gasteiger partial charge in [-0.25, -0.2) is 0 Å². The van der Waals surface area contributed by atoms with E-state index in [1.165, 1.54) is 6.20 Å². The molecular weight excluding hydrogens is 660 g/mol. The van der Waals surface area contributed by atoms with Crippen LogP contribution in [0.25, 0.3) is 10.9 Å². The average Bonchev–Trinajstić information content (AvgIpc) is 3.59. The van der Waals surface area contributed by atoms with E-state index in [0.29, 0.717) is 18.4 Å². The Morgan fingerprint density at radius 1 is 1.02 bits per heavy atom. The smallest absolute Gasteiger partial charge is 0.268 e. The Balaban J connectivity index is 1.56. The number of fused-ring (bicyclic) bond motifs is 1. The fraction of sp³-hybridized carbons (Fsp3) is 0.550. The first kappa shape index (κ1) is 39.0. The van der Waals surface area contributed by atoms with Crippen LogP contribution in [-0.2, 0) is 19.2 Å². The first-order chi connectivity index (χ1) is 24.8. The second-order valence-corrected chi connectivity index (χ2v) is 15.2. The van der Waals surface area contributed by atoms with Crippen molar-refractivity contribution in [2.75, 3.05) is 0 Å². The number of H-pyrrole nitrogens is 1. The van der Waals surface area contributed by atoms with E-state index in [0.717, 1.165) is 37.5 Å². The first-order valence-corrected chi connectivity index (χ1v) is 18.7. The maximum Gasteiger partial charge on any atom is 0.268 e. The van der Waals surface area contributed by atoms with E-state index in [-0.39, 0.29) is 23.2 Å². The maximum atomic E-state index is 15.0. The molecule has 280 valence electrons. The lowest BCUT2D eigenvalue weighted by Gasteiger charge is -2.48. The largest absolute Gasteiger partial charge is 0.391 e. The number of carbonyl (C=O) groups is 5. The molecule has 0 aliphatic heterocycles. The molecule has 2 amide bonds. The van der Waals surface area contributed by atoms with Crippen LogP contribution < -0.4 is 22.1 Å². The highest BCUT2D eigenvalue weighted by atomic mass is 16.3. The number of hydrogen-bond acceptors (Lipinski definition) is 9. The van der Waals surface area contributed by atoms with Gasteiger partial charge < -0.3 is 32.2 Å². The molecule has 3 unspecified atom stereocenters. The second kappa shape index (κ2) is 16.6. The van der Waals surface area contributed by atoms with Crippen molar-refractivity contribution in [1.29, 1.82) is 0 Å². The summed E-state index contributed by atoms with van der Waals surface area (Å²) < 4.78 is 0. The Labute approximate surface area is 305 Å². The van der Waals surface area contributed by atoms with Gasteiger partial charge in [-0.2, -0.15) is 0 Å². The van der Waals surface area contributed by atoms with Crippen LogP contribution in [0.2, 0.25) is 0 Å². The molecule has 2 fully saturated rings. The van der Waals surface area contributed by atoms with Gasteiger partial charge in [0.05, 0.1) is 29.8 Å². The lowest BCUT2D eigenvalue weighted by atomic mass is 9.54. The lowest BCUT2D eigenvalue weighted by Crippen LogP contribution is -2.69. The number of aromatic amines is 1. The Morgan fingerprint density at radius 3 is 2.35 bits per heavy atom. The van der Waals surface area contributed by atoms with Crippen molar-refractivity contribution in [2.24, 2.45) is 40.6 Å². The number of aliphatic hydroxyl groups is 1. The van der Waals surface area contributed by atoms with E-state index in [1.807, 2.05) is 38.1 Å². The number of aliphatic hydroxyl groups excluding tert-OH is 1. The van der Waals surface area contributed by atoms with Crippen LogP contribution in [0.1, 0.15) is 101 Å². The predicted molar refractivity (Wildman–Crippen MR) is 198 cm³/mol. The third-order valence-corrected chi connectivity index (χ3v) is 11.6. The molecule has 2 saturated carbocycles. The number of benzene rings is 1. The van der Waals surface area contributed by atoms with Crippen molar-refractivity contribution in [1.82, 2.24) is 20.6 Å². The van der Waals surface area contributed by atoms with Gasteiger partial charge >= 0.3 is 0 Å². The summed E-state index contributed by atoms with van der Waals surface area (Å²) >= 11 is 0. The molecule has 2 aromatic heterocycles. The SMILES string of the molecule is CC[C@H](C)[C@H](N)C(=O)C(NC(=O)[C@]1(C(C)C)C(=O)C(NC(=O)c2cc3ccccc3[nH]2)CC(=O)C1[C@H](O)[C@@H](N)CC1CCCCC1)c1ccccn1. The van der Waals surface area contributed by atoms with Gasteiger partial charge in [0, 0.05) is 29.6 Å². The first-order valence-electron chi connectivity index (χ1n) is 18.7. The predicted octanol–water partition coefficient (Wildman–Crippen LogP) is 3.92. The van der Waals surface area contributed by atoms with Gasteiger partial charge in [0.25, 0.3) is 5.91 Å². The average molecular weight is 715 g/mol. The molecule has 5 rings (SSSR count). The topological polar surface area (TPSA) is 210 Å². The van der Waals surface area contributed by atoms with Crippen LogP contribution in [0.3, 0.4) is 0 Å². The quantitative estimate of drug-likeness (QED) is 0.134. The van der Waals surface area contributed by atoms with Crippen molar-refractivity contribution < 1.29 is 29.1 Å². The van der Waals surface area contributed by atoms with Crippen molar-refractivity contribution >= 4 is 40.1 Å². The number of amides is 2. The van der Waals surface area contributed by atoms with Crippen LogP contribution in [0.4, 0.5) is 0 Å². The summed E-state index contributed by atoms with van der Waals surface area (Å²) in [5, 5.41) is 18.3. The molecule has 2 aliphatic rings. The molecule has 2 heterocycles. The minimum absolute atomic E-state index is 0.178. The molecule has 12 heteroatoms. The summed E-state index contributed by atoms with van der Waals surface area (Å²) in [4.78, 5) is 79.4. The van der Waals surface area contributed by atoms with Gasteiger partial charge in [-0.3, -0.25) is 29.0 Å². The van der Waals surface area contributed by atoms with Crippen LogP contribution >= 0.6 is 0 Å². The second-order valence-electron chi connectivity index (χ2n) is 15.2. The van der Waals surface area contributed by atoms with E-state index in [1.54, 1.807) is 38.1 Å². The third kappa shape index (κ3) is 7.74. The van der Waals surface area contributed by atoms with Gasteiger partial charge in [0.15, 0.2) is 11.6 Å². The number of aromatic nitrogens is 2. The molecule has 12 nitrogen and oxygen atoms in total. The van der Waals surface area contributed by atoms with Crippen LogP contribution in [0.5, 0.6) is 0 Å². The van der Waals surface area contributed by atoms with E-state index < -0.39 is 83.1 Å². The number of nitrogens with one attached hydrogen (secondary N) is 3. The number of nitrogens with two attached hydrogens (primary N) is 2. The number of ketones is 3. The Bertz CT molecular complexity index is 1720. The number of nitrogens with zero attached hydrogens (tertiary/aromatic N) is 1. The van der Waals surface area contributed by atoms with E-state index in [9.17, 15) is 19.5 Å². The maximum absolute atomic E-state index is 15.0. The molecule has 0 radical (unpaired) electrons. The molecule has 3 aromatic rings. The number of carbonyl (C=O) groups excluding carboxylic acids is 5. The van der Waals surface area contributed by atoms with Crippen molar-refractivity contribution in [2.45, 2.75) is 109 Å². The van der Waals surface area contributed by atoms with Gasteiger partial charge in [-0.05, 0) is 48.4 Å². The molecule has 2 aliphatic carbocycles. The third-order valence-electron chi connectivity index (χ3n) is 11.6. The molecule has 1 aromatic carbocycles. The Hall–Kier alpha value is -4.26. The Kier molecular flexibility index (Phi) is 12.4. The zero-order chi connectivity index (χ0) is 37.7. The van der Waals surface area contributed by atoms with Crippen molar-refractivity contribution in [3.05, 3.63) is 66.1 Å². The molecule has 52 heavy (non-hydrogen) atoms. The fourth-order valence-corrected chi connectivity index (χ4v) is 8.29. The molecular formula is C40H54N6O6. The summed E-state index contributed by atoms with van der Waals surface area (Å²) in [6.45, 7) is 6.99. The van der Waals surface area contributed by atoms with Crippen molar-refractivity contribution in [3.63, 3.8) is 0 Å². The zero-order valence-electron chi connectivity index (χ0n) is 30.6. The number of Topliss-reactive ketones (excluding diaryl/α,β-unsaturated/α-hetero) is 3. The highest BCUT2D eigenvalue weighted by Gasteiger charge is 2.64. The van der Waals surface area contributed by atoms with Crippen LogP contribution in [0.15, 0.2) is 54.7 Å². The van der Waals surface area contributed by atoms with Gasteiger partial charge in [0.1, 0.15) is 22.9 Å². The number of hydrogen-bond donors (Lipinski definition) is 6. The summed E-state index contributed by atoms with van der Waals surface area (Å²) in [7, 11) is 0. The molecule has 8 atom stereocenters. The monoisotopic (exact) mass is 714 g/mol. The fourth-order valence-electron chi connectivity index (χ4n) is 8.29. The minimum Gasteiger partial charge on any atom is -0.391 e. The number of pyridine rings is 1. The highest BCUT2D eigenvalue weighted by Crippen LogP contribution is 2.47. The number of rotatable bonds is 14. The summed E-state index contributed by atoms with van der Waals surface area (Å²) in [5.74, 6) is -5.79. The number of para-hydroxylation sites is 1.